The fourth-order valence-corrected chi connectivity index (χ4v) is 4.25. The monoisotopic (exact) mass is 312 g/mol. The van der Waals surface area contributed by atoms with Crippen LogP contribution in [0.5, 0.6) is 0 Å². The van der Waals surface area contributed by atoms with Gasteiger partial charge in [-0.25, -0.2) is 13.1 Å². The van der Waals surface area contributed by atoms with Gasteiger partial charge in [-0.2, -0.15) is 0 Å². The number of rotatable bonds is 6. The standard InChI is InChI=1S/C15H24N2O3S/c1-10-5-12(9-16-3)6-15(11(10)2)21(18,19)17-13-7-14(8-13)20-4/h5-6,13-14,16-17H,7-9H2,1-4H3. The third-order valence-corrected chi connectivity index (χ3v) is 5.75. The molecule has 0 aliphatic heterocycles. The summed E-state index contributed by atoms with van der Waals surface area (Å²) in [5.74, 6) is 0. The van der Waals surface area contributed by atoms with Crippen LogP contribution in [0.15, 0.2) is 17.0 Å². The van der Waals surface area contributed by atoms with Crippen molar-refractivity contribution in [3.05, 3.63) is 28.8 Å². The third-order valence-electron chi connectivity index (χ3n) is 4.10. The Kier molecular flexibility index (Phi) is 5.03. The average molecular weight is 312 g/mol. The largest absolute Gasteiger partial charge is 0.381 e. The van der Waals surface area contributed by atoms with Gasteiger partial charge in [0.15, 0.2) is 0 Å². The molecular weight excluding hydrogens is 288 g/mol. The van der Waals surface area contributed by atoms with E-state index in [4.69, 9.17) is 4.74 Å². The molecular formula is C15H24N2O3S. The van der Waals surface area contributed by atoms with Crippen molar-refractivity contribution in [1.29, 1.82) is 0 Å². The van der Waals surface area contributed by atoms with E-state index in [0.717, 1.165) is 29.5 Å². The van der Waals surface area contributed by atoms with Crippen LogP contribution in [-0.2, 0) is 21.3 Å². The Morgan fingerprint density at radius 2 is 1.95 bits per heavy atom. The minimum atomic E-state index is -3.48. The lowest BCUT2D eigenvalue weighted by molar-refractivity contribution is 0.0236. The van der Waals surface area contributed by atoms with Gasteiger partial charge in [-0.15, -0.1) is 0 Å². The van der Waals surface area contributed by atoms with Gasteiger partial charge in [-0.1, -0.05) is 6.07 Å². The Morgan fingerprint density at radius 1 is 1.29 bits per heavy atom. The van der Waals surface area contributed by atoms with Gasteiger partial charge >= 0.3 is 0 Å². The number of benzene rings is 1. The number of nitrogens with one attached hydrogen (secondary N) is 2. The molecule has 0 radical (unpaired) electrons. The van der Waals surface area contributed by atoms with E-state index in [9.17, 15) is 8.42 Å². The molecule has 0 bridgehead atoms. The fourth-order valence-electron chi connectivity index (χ4n) is 2.62. The first-order valence-corrected chi connectivity index (χ1v) is 8.65. The summed E-state index contributed by atoms with van der Waals surface area (Å²) in [4.78, 5) is 0.383. The van der Waals surface area contributed by atoms with Crippen molar-refractivity contribution < 1.29 is 13.2 Å². The minimum Gasteiger partial charge on any atom is -0.381 e. The predicted molar refractivity (Wildman–Crippen MR) is 82.8 cm³/mol. The first kappa shape index (κ1) is 16.4. The van der Waals surface area contributed by atoms with Crippen molar-refractivity contribution in [2.75, 3.05) is 14.2 Å². The van der Waals surface area contributed by atoms with Gasteiger partial charge in [-0.3, -0.25) is 0 Å². The van der Waals surface area contributed by atoms with Gasteiger partial charge in [0.1, 0.15) is 0 Å². The number of hydrogen-bond acceptors (Lipinski definition) is 4. The second-order valence-corrected chi connectivity index (χ2v) is 7.40. The second kappa shape index (κ2) is 6.44. The van der Waals surface area contributed by atoms with Crippen LogP contribution in [0.1, 0.15) is 29.5 Å². The highest BCUT2D eigenvalue weighted by Gasteiger charge is 2.33. The fraction of sp³-hybridized carbons (Fsp3) is 0.600. The van der Waals surface area contributed by atoms with Crippen LogP contribution < -0.4 is 10.0 Å². The van der Waals surface area contributed by atoms with Crippen LogP contribution in [-0.4, -0.2) is 34.7 Å². The van der Waals surface area contributed by atoms with E-state index in [0.29, 0.717) is 11.4 Å². The maximum absolute atomic E-state index is 12.6. The molecule has 5 nitrogen and oxygen atoms in total. The summed E-state index contributed by atoms with van der Waals surface area (Å²) in [5, 5.41) is 3.05. The predicted octanol–water partition coefficient (Wildman–Crippen LogP) is 1.48. The Labute approximate surface area is 127 Å². The van der Waals surface area contributed by atoms with Crippen molar-refractivity contribution in [2.45, 2.75) is 50.3 Å². The topological polar surface area (TPSA) is 67.4 Å². The summed E-state index contributed by atoms with van der Waals surface area (Å²) in [6.45, 7) is 4.45. The van der Waals surface area contributed by atoms with Crippen molar-refractivity contribution in [1.82, 2.24) is 10.0 Å². The molecule has 0 atom stereocenters. The molecule has 1 saturated carbocycles. The Morgan fingerprint density at radius 3 is 2.52 bits per heavy atom. The van der Waals surface area contributed by atoms with Crippen LogP contribution in [0, 0.1) is 13.8 Å². The lowest BCUT2D eigenvalue weighted by Gasteiger charge is -2.34. The van der Waals surface area contributed by atoms with Crippen LogP contribution >= 0.6 is 0 Å². The third kappa shape index (κ3) is 3.63. The van der Waals surface area contributed by atoms with Gasteiger partial charge < -0.3 is 10.1 Å². The lowest BCUT2D eigenvalue weighted by Crippen LogP contribution is -2.47. The molecule has 0 amide bonds. The Balaban J connectivity index is 2.23. The molecule has 2 rings (SSSR count). The van der Waals surface area contributed by atoms with Crippen LogP contribution in [0.3, 0.4) is 0 Å². The number of methoxy groups -OCH3 is 1. The van der Waals surface area contributed by atoms with Gasteiger partial charge in [-0.05, 0) is 56.5 Å². The van der Waals surface area contributed by atoms with E-state index in [-0.39, 0.29) is 12.1 Å². The maximum Gasteiger partial charge on any atom is 0.241 e. The number of aryl methyl sites for hydroxylation is 1. The summed E-state index contributed by atoms with van der Waals surface area (Å²) in [6.07, 6.45) is 1.66. The SMILES string of the molecule is CNCc1cc(C)c(C)c(S(=O)(=O)NC2CC(OC)C2)c1. The molecule has 1 aromatic carbocycles. The summed E-state index contributed by atoms with van der Waals surface area (Å²) < 4.78 is 33.1. The van der Waals surface area contributed by atoms with E-state index < -0.39 is 10.0 Å². The van der Waals surface area contributed by atoms with E-state index >= 15 is 0 Å². The number of hydrogen-bond donors (Lipinski definition) is 2. The summed E-state index contributed by atoms with van der Waals surface area (Å²) in [5.41, 5.74) is 2.78. The summed E-state index contributed by atoms with van der Waals surface area (Å²) in [6, 6.07) is 3.76. The molecule has 1 aliphatic carbocycles. The highest BCUT2D eigenvalue weighted by atomic mass is 32.2. The maximum atomic E-state index is 12.6. The summed E-state index contributed by atoms with van der Waals surface area (Å²) in [7, 11) is 0.0256. The number of sulfonamides is 1. The molecule has 0 spiro atoms. The molecule has 1 aliphatic rings. The molecule has 0 aromatic heterocycles. The zero-order valence-corrected chi connectivity index (χ0v) is 13.9. The molecule has 0 unspecified atom stereocenters. The Hall–Kier alpha value is -0.950. The zero-order chi connectivity index (χ0) is 15.6. The van der Waals surface area contributed by atoms with Crippen molar-refractivity contribution in [2.24, 2.45) is 0 Å². The molecule has 21 heavy (non-hydrogen) atoms. The second-order valence-electron chi connectivity index (χ2n) is 5.71. The smallest absolute Gasteiger partial charge is 0.241 e. The zero-order valence-electron chi connectivity index (χ0n) is 13.1. The van der Waals surface area contributed by atoms with Crippen LogP contribution in [0.2, 0.25) is 0 Å². The lowest BCUT2D eigenvalue weighted by atomic mass is 9.90. The molecule has 1 fully saturated rings. The Bertz CT molecular complexity index is 608. The minimum absolute atomic E-state index is 0.0207. The van der Waals surface area contributed by atoms with E-state index in [1.807, 2.05) is 27.0 Å². The molecule has 6 heteroatoms. The van der Waals surface area contributed by atoms with Gasteiger partial charge in [0.05, 0.1) is 11.0 Å². The van der Waals surface area contributed by atoms with Crippen molar-refractivity contribution >= 4 is 10.0 Å². The van der Waals surface area contributed by atoms with Crippen molar-refractivity contribution in [3.63, 3.8) is 0 Å². The van der Waals surface area contributed by atoms with Gasteiger partial charge in [0.2, 0.25) is 10.0 Å². The van der Waals surface area contributed by atoms with Gasteiger partial charge in [0.25, 0.3) is 0 Å². The molecule has 1 aromatic rings. The quantitative estimate of drug-likeness (QED) is 0.835. The summed E-state index contributed by atoms with van der Waals surface area (Å²) >= 11 is 0. The van der Waals surface area contributed by atoms with Crippen LogP contribution in [0.25, 0.3) is 0 Å². The van der Waals surface area contributed by atoms with E-state index in [2.05, 4.69) is 10.0 Å². The first-order chi connectivity index (χ1) is 9.87. The van der Waals surface area contributed by atoms with Crippen molar-refractivity contribution in [3.8, 4) is 0 Å². The van der Waals surface area contributed by atoms with E-state index in [1.54, 1.807) is 13.2 Å². The first-order valence-electron chi connectivity index (χ1n) is 7.17. The molecule has 118 valence electrons. The van der Waals surface area contributed by atoms with E-state index in [1.165, 1.54) is 0 Å². The highest BCUT2D eigenvalue weighted by Crippen LogP contribution is 2.26. The highest BCUT2D eigenvalue weighted by molar-refractivity contribution is 7.89. The van der Waals surface area contributed by atoms with Gasteiger partial charge in [0, 0.05) is 19.7 Å². The normalized spacial score (nSPS) is 22.1. The number of ether oxygens (including phenoxy) is 1. The molecule has 0 heterocycles. The molecule has 2 N–H and O–H groups in total. The van der Waals surface area contributed by atoms with Crippen LogP contribution in [0.4, 0.5) is 0 Å². The molecule has 0 saturated heterocycles. The average Bonchev–Trinajstić information content (AvgIpc) is 2.37.